The maximum Gasteiger partial charge on any atom is 0.263 e. The fourth-order valence-corrected chi connectivity index (χ4v) is 1.87. The number of hydrogen-bond donors (Lipinski definition) is 3. The van der Waals surface area contributed by atoms with Crippen molar-refractivity contribution < 1.29 is 5.11 Å². The molecule has 7 nitrogen and oxygen atoms in total. The van der Waals surface area contributed by atoms with E-state index >= 15 is 0 Å². The average molecular weight is 269 g/mol. The monoisotopic (exact) mass is 269 g/mol. The Morgan fingerprint density at radius 2 is 1.90 bits per heavy atom. The number of hydrogen-bond acceptors (Lipinski definition) is 5. The first-order valence-electron chi connectivity index (χ1n) is 5.91. The summed E-state index contributed by atoms with van der Waals surface area (Å²) in [6, 6.07) is 7.24. The van der Waals surface area contributed by atoms with Crippen molar-refractivity contribution in [1.29, 1.82) is 0 Å². The third-order valence-electron chi connectivity index (χ3n) is 2.88. The van der Waals surface area contributed by atoms with Gasteiger partial charge in [0.2, 0.25) is 5.88 Å². The predicted molar refractivity (Wildman–Crippen MR) is 72.1 cm³/mol. The SMILES string of the molecule is Cc1ccc(-c2c(O)nc(-c3ncn[nH]3)[nH]c2=O)cc1. The zero-order valence-electron chi connectivity index (χ0n) is 10.6. The Bertz CT molecular complexity index is 791. The lowest BCUT2D eigenvalue weighted by Crippen LogP contribution is -2.12. The molecule has 0 saturated carbocycles. The highest BCUT2D eigenvalue weighted by molar-refractivity contribution is 5.68. The summed E-state index contributed by atoms with van der Waals surface area (Å²) in [5.41, 5.74) is 1.36. The van der Waals surface area contributed by atoms with Gasteiger partial charge in [-0.2, -0.15) is 10.1 Å². The third kappa shape index (κ3) is 2.05. The lowest BCUT2D eigenvalue weighted by atomic mass is 10.1. The van der Waals surface area contributed by atoms with E-state index in [0.717, 1.165) is 5.56 Å². The molecule has 0 bridgehead atoms. The van der Waals surface area contributed by atoms with E-state index in [-0.39, 0.29) is 23.1 Å². The molecule has 20 heavy (non-hydrogen) atoms. The van der Waals surface area contributed by atoms with Gasteiger partial charge in [0.25, 0.3) is 5.56 Å². The predicted octanol–water partition coefficient (Wildman–Crippen LogP) is 1.24. The summed E-state index contributed by atoms with van der Waals surface area (Å²) < 4.78 is 0. The van der Waals surface area contributed by atoms with Crippen LogP contribution in [-0.2, 0) is 0 Å². The van der Waals surface area contributed by atoms with Crippen molar-refractivity contribution in [3.05, 3.63) is 46.5 Å². The summed E-state index contributed by atoms with van der Waals surface area (Å²) in [6.07, 6.45) is 1.29. The van der Waals surface area contributed by atoms with E-state index < -0.39 is 5.56 Å². The van der Waals surface area contributed by atoms with Crippen LogP contribution in [0, 0.1) is 6.92 Å². The van der Waals surface area contributed by atoms with Gasteiger partial charge in [0.15, 0.2) is 11.6 Å². The van der Waals surface area contributed by atoms with E-state index in [1.165, 1.54) is 6.33 Å². The number of aromatic amines is 2. The smallest absolute Gasteiger partial charge is 0.263 e. The van der Waals surface area contributed by atoms with Crippen LogP contribution in [0.1, 0.15) is 5.56 Å². The molecule has 3 N–H and O–H groups in total. The Morgan fingerprint density at radius 1 is 1.15 bits per heavy atom. The fraction of sp³-hybridized carbons (Fsp3) is 0.0769. The number of aromatic hydroxyl groups is 1. The Labute approximate surface area is 113 Å². The molecule has 2 aromatic heterocycles. The Morgan fingerprint density at radius 3 is 2.50 bits per heavy atom. The van der Waals surface area contributed by atoms with Crippen molar-refractivity contribution >= 4 is 0 Å². The van der Waals surface area contributed by atoms with Gasteiger partial charge >= 0.3 is 0 Å². The number of aryl methyl sites for hydroxylation is 1. The average Bonchev–Trinajstić information content (AvgIpc) is 2.94. The Kier molecular flexibility index (Phi) is 2.79. The second kappa shape index (κ2) is 4.61. The number of H-pyrrole nitrogens is 2. The van der Waals surface area contributed by atoms with Crippen LogP contribution >= 0.6 is 0 Å². The van der Waals surface area contributed by atoms with Gasteiger partial charge in [0.05, 0.1) is 0 Å². The second-order valence-corrected chi connectivity index (χ2v) is 4.31. The van der Waals surface area contributed by atoms with E-state index in [1.54, 1.807) is 12.1 Å². The summed E-state index contributed by atoms with van der Waals surface area (Å²) in [5, 5.41) is 16.2. The van der Waals surface area contributed by atoms with Crippen LogP contribution in [0.25, 0.3) is 22.8 Å². The third-order valence-corrected chi connectivity index (χ3v) is 2.88. The summed E-state index contributed by atoms with van der Waals surface area (Å²) in [7, 11) is 0. The van der Waals surface area contributed by atoms with Crippen molar-refractivity contribution in [2.75, 3.05) is 0 Å². The van der Waals surface area contributed by atoms with Crippen molar-refractivity contribution in [3.8, 4) is 28.7 Å². The summed E-state index contributed by atoms with van der Waals surface area (Å²) >= 11 is 0. The molecular weight excluding hydrogens is 258 g/mol. The maximum atomic E-state index is 12.1. The Balaban J connectivity index is 2.14. The van der Waals surface area contributed by atoms with Gasteiger partial charge in [-0.25, -0.2) is 4.98 Å². The first-order valence-corrected chi connectivity index (χ1v) is 5.91. The largest absolute Gasteiger partial charge is 0.493 e. The molecule has 1 aromatic carbocycles. The van der Waals surface area contributed by atoms with Gasteiger partial charge in [-0.05, 0) is 12.5 Å². The van der Waals surface area contributed by atoms with Crippen LogP contribution in [0.2, 0.25) is 0 Å². The molecule has 100 valence electrons. The van der Waals surface area contributed by atoms with Crippen LogP contribution in [0.4, 0.5) is 0 Å². The molecule has 0 fully saturated rings. The molecule has 0 unspecified atom stereocenters. The van der Waals surface area contributed by atoms with Gasteiger partial charge < -0.3 is 10.1 Å². The molecule has 0 radical (unpaired) electrons. The molecule has 2 heterocycles. The normalized spacial score (nSPS) is 10.7. The molecule has 0 aliphatic heterocycles. The quantitative estimate of drug-likeness (QED) is 0.648. The number of nitrogens with one attached hydrogen (secondary N) is 2. The highest BCUT2D eigenvalue weighted by Crippen LogP contribution is 2.24. The van der Waals surface area contributed by atoms with Gasteiger partial charge in [-0.1, -0.05) is 29.8 Å². The van der Waals surface area contributed by atoms with Crippen molar-refractivity contribution in [2.24, 2.45) is 0 Å². The molecule has 3 rings (SSSR count). The number of nitrogens with zero attached hydrogens (tertiary/aromatic N) is 3. The van der Waals surface area contributed by atoms with Crippen LogP contribution in [0.5, 0.6) is 5.88 Å². The van der Waals surface area contributed by atoms with Crippen molar-refractivity contribution in [1.82, 2.24) is 25.1 Å². The molecule has 0 aliphatic carbocycles. The zero-order valence-corrected chi connectivity index (χ0v) is 10.6. The molecule has 3 aromatic rings. The minimum atomic E-state index is -0.437. The summed E-state index contributed by atoms with van der Waals surface area (Å²) in [6.45, 7) is 1.94. The molecule has 0 atom stereocenters. The maximum absolute atomic E-state index is 12.1. The lowest BCUT2D eigenvalue weighted by Gasteiger charge is -2.05. The standard InChI is InChI=1S/C13H11N5O2/c1-7-2-4-8(5-3-7)9-12(19)16-11(17-13(9)20)10-14-6-15-18-10/h2-6H,1H3,(H,14,15,18)(H2,16,17,19,20). The summed E-state index contributed by atoms with van der Waals surface area (Å²) in [4.78, 5) is 22.5. The minimum absolute atomic E-state index is 0.133. The van der Waals surface area contributed by atoms with Crippen LogP contribution < -0.4 is 5.56 Å². The van der Waals surface area contributed by atoms with Crippen LogP contribution in [0.3, 0.4) is 0 Å². The topological polar surface area (TPSA) is 108 Å². The second-order valence-electron chi connectivity index (χ2n) is 4.31. The number of benzene rings is 1. The van der Waals surface area contributed by atoms with E-state index in [0.29, 0.717) is 5.56 Å². The molecular formula is C13H11N5O2. The van der Waals surface area contributed by atoms with Crippen LogP contribution in [0.15, 0.2) is 35.4 Å². The van der Waals surface area contributed by atoms with E-state index in [4.69, 9.17) is 0 Å². The molecule has 0 saturated heterocycles. The minimum Gasteiger partial charge on any atom is -0.493 e. The van der Waals surface area contributed by atoms with Gasteiger partial charge in [0, 0.05) is 0 Å². The highest BCUT2D eigenvalue weighted by Gasteiger charge is 2.14. The van der Waals surface area contributed by atoms with Crippen molar-refractivity contribution in [2.45, 2.75) is 6.92 Å². The van der Waals surface area contributed by atoms with Gasteiger partial charge in [0.1, 0.15) is 11.9 Å². The van der Waals surface area contributed by atoms with Crippen molar-refractivity contribution in [3.63, 3.8) is 0 Å². The molecule has 0 amide bonds. The molecule has 7 heteroatoms. The first kappa shape index (κ1) is 12.1. The van der Waals surface area contributed by atoms with E-state index in [2.05, 4.69) is 25.1 Å². The fourth-order valence-electron chi connectivity index (χ4n) is 1.87. The number of rotatable bonds is 2. The Hall–Kier alpha value is -2.96. The van der Waals surface area contributed by atoms with Gasteiger partial charge in [-0.15, -0.1) is 0 Å². The lowest BCUT2D eigenvalue weighted by molar-refractivity contribution is 0.454. The van der Waals surface area contributed by atoms with Crippen LogP contribution in [-0.4, -0.2) is 30.3 Å². The highest BCUT2D eigenvalue weighted by atomic mass is 16.3. The summed E-state index contributed by atoms with van der Waals surface area (Å²) in [5.74, 6) is 0.0812. The van der Waals surface area contributed by atoms with Gasteiger partial charge in [-0.3, -0.25) is 9.89 Å². The van der Waals surface area contributed by atoms with E-state index in [1.807, 2.05) is 19.1 Å². The molecule has 0 aliphatic rings. The zero-order chi connectivity index (χ0) is 14.1. The first-order chi connectivity index (χ1) is 9.65. The molecule has 0 spiro atoms. The van der Waals surface area contributed by atoms with E-state index in [9.17, 15) is 9.90 Å². The number of aromatic nitrogens is 5.